The highest BCUT2D eigenvalue weighted by Crippen LogP contribution is 2.22. The standard InChI is InChI=1S/C23H22N4O3/c24-18(23(29)30)12-16-15-8-4-5-9-19(15)25-21(16)13-17-20(26-27-22(17)28)11-10-14-6-2-1-3-7-14/h1-9,13,18H,10-12,24H2,(H,29,30)(H2,26,27,28). The topological polar surface area (TPSA) is 124 Å². The molecule has 0 aliphatic carbocycles. The Morgan fingerprint density at radius 1 is 1.07 bits per heavy atom. The van der Waals surface area contributed by atoms with Gasteiger partial charge < -0.3 is 15.9 Å². The van der Waals surface area contributed by atoms with Crippen LogP contribution in [0, 0.1) is 0 Å². The van der Waals surface area contributed by atoms with Crippen LogP contribution in [0.5, 0.6) is 0 Å². The predicted octanol–water partition coefficient (Wildman–Crippen LogP) is 1.12. The number of hydrogen-bond acceptors (Lipinski definition) is 4. The third-order valence-corrected chi connectivity index (χ3v) is 5.20. The number of carboxylic acids is 1. The molecule has 2 aromatic carbocycles. The Bertz CT molecular complexity index is 1290. The fourth-order valence-electron chi connectivity index (χ4n) is 3.61. The fourth-order valence-corrected chi connectivity index (χ4v) is 3.61. The van der Waals surface area contributed by atoms with Crippen molar-refractivity contribution in [2.75, 3.05) is 0 Å². The van der Waals surface area contributed by atoms with Crippen LogP contribution in [0.3, 0.4) is 0 Å². The molecule has 0 bridgehead atoms. The van der Waals surface area contributed by atoms with Gasteiger partial charge in [-0.25, -0.2) is 4.99 Å². The summed E-state index contributed by atoms with van der Waals surface area (Å²) >= 11 is 0. The van der Waals surface area contributed by atoms with Crippen LogP contribution in [0.25, 0.3) is 11.6 Å². The number of carboxylic acid groups (broad SMARTS) is 1. The molecule has 1 aromatic heterocycles. The molecule has 0 amide bonds. The van der Waals surface area contributed by atoms with Crippen molar-refractivity contribution in [3.8, 4) is 0 Å². The van der Waals surface area contributed by atoms with Gasteiger partial charge in [-0.3, -0.25) is 14.7 Å². The molecule has 5 N–H and O–H groups in total. The molecule has 0 radical (unpaired) electrons. The summed E-state index contributed by atoms with van der Waals surface area (Å²) in [4.78, 5) is 28.4. The van der Waals surface area contributed by atoms with Gasteiger partial charge in [-0.15, -0.1) is 0 Å². The average Bonchev–Trinajstić information content (AvgIpc) is 3.28. The zero-order valence-corrected chi connectivity index (χ0v) is 16.3. The number of fused-ring (bicyclic) bond motifs is 1. The normalized spacial score (nSPS) is 15.1. The third-order valence-electron chi connectivity index (χ3n) is 5.20. The Hall–Kier alpha value is -3.71. The molecule has 7 nitrogen and oxygen atoms in total. The summed E-state index contributed by atoms with van der Waals surface area (Å²) in [5.41, 5.74) is 9.32. The number of para-hydroxylation sites is 1. The first kappa shape index (κ1) is 19.6. The quantitative estimate of drug-likeness (QED) is 0.473. The maximum atomic E-state index is 12.4. The lowest BCUT2D eigenvalue weighted by atomic mass is 10.00. The average molecular weight is 402 g/mol. The monoisotopic (exact) mass is 402 g/mol. The molecule has 7 heteroatoms. The second-order valence-corrected chi connectivity index (χ2v) is 7.24. The molecule has 1 unspecified atom stereocenters. The molecule has 1 atom stereocenters. The lowest BCUT2D eigenvalue weighted by Gasteiger charge is -2.09. The number of carbonyl (C=O) groups is 1. The Balaban J connectivity index is 1.70. The third kappa shape index (κ3) is 4.01. The summed E-state index contributed by atoms with van der Waals surface area (Å²) in [6, 6.07) is 16.5. The molecule has 152 valence electrons. The van der Waals surface area contributed by atoms with Gasteiger partial charge in [0.05, 0.1) is 16.6 Å². The molecule has 2 heterocycles. The van der Waals surface area contributed by atoms with Crippen molar-refractivity contribution < 1.29 is 9.90 Å². The summed E-state index contributed by atoms with van der Waals surface area (Å²) in [6.07, 6.45) is 3.28. The minimum absolute atomic E-state index is 0.128. The second-order valence-electron chi connectivity index (χ2n) is 7.24. The zero-order chi connectivity index (χ0) is 21.1. The van der Waals surface area contributed by atoms with E-state index in [1.54, 1.807) is 6.08 Å². The van der Waals surface area contributed by atoms with Gasteiger partial charge in [-0.1, -0.05) is 48.5 Å². The predicted molar refractivity (Wildman–Crippen MR) is 114 cm³/mol. The van der Waals surface area contributed by atoms with Gasteiger partial charge in [0.1, 0.15) is 6.04 Å². The molecule has 1 aliphatic heterocycles. The summed E-state index contributed by atoms with van der Waals surface area (Å²) in [5, 5.41) is 16.5. The van der Waals surface area contributed by atoms with Gasteiger partial charge in [-0.2, -0.15) is 0 Å². The number of rotatable bonds is 7. The SMILES string of the molecule is NC(CC1=c2ccccc2=NC1=Cc1c(CCc2ccccc2)[nH][nH]c1=O)C(=O)O. The van der Waals surface area contributed by atoms with E-state index in [0.29, 0.717) is 17.7 Å². The van der Waals surface area contributed by atoms with Gasteiger partial charge in [0.15, 0.2) is 0 Å². The number of aromatic amines is 2. The van der Waals surface area contributed by atoms with Crippen LogP contribution in [0.4, 0.5) is 0 Å². The summed E-state index contributed by atoms with van der Waals surface area (Å²) in [7, 11) is 0. The van der Waals surface area contributed by atoms with E-state index in [9.17, 15) is 14.7 Å². The lowest BCUT2D eigenvalue weighted by Crippen LogP contribution is -2.32. The largest absolute Gasteiger partial charge is 0.480 e. The van der Waals surface area contributed by atoms with Crippen molar-refractivity contribution in [3.05, 3.63) is 98.0 Å². The van der Waals surface area contributed by atoms with Crippen molar-refractivity contribution >= 4 is 17.6 Å². The number of hydrogen-bond donors (Lipinski definition) is 4. The van der Waals surface area contributed by atoms with E-state index in [-0.39, 0.29) is 12.0 Å². The molecular formula is C23H22N4O3. The first-order valence-electron chi connectivity index (χ1n) is 9.74. The number of allylic oxidation sites excluding steroid dienone is 1. The van der Waals surface area contributed by atoms with Crippen LogP contribution in [-0.4, -0.2) is 27.3 Å². The first-order chi connectivity index (χ1) is 14.5. The Morgan fingerprint density at radius 3 is 2.57 bits per heavy atom. The molecule has 0 saturated carbocycles. The maximum absolute atomic E-state index is 12.4. The van der Waals surface area contributed by atoms with Crippen LogP contribution in [0.2, 0.25) is 0 Å². The smallest absolute Gasteiger partial charge is 0.320 e. The van der Waals surface area contributed by atoms with E-state index in [4.69, 9.17) is 5.73 Å². The molecular weight excluding hydrogens is 380 g/mol. The van der Waals surface area contributed by atoms with E-state index in [1.165, 1.54) is 5.56 Å². The summed E-state index contributed by atoms with van der Waals surface area (Å²) < 4.78 is 0. The highest BCUT2D eigenvalue weighted by atomic mass is 16.4. The van der Waals surface area contributed by atoms with Crippen LogP contribution in [0.15, 0.2) is 70.1 Å². The number of nitrogens with one attached hydrogen (secondary N) is 2. The van der Waals surface area contributed by atoms with Crippen LogP contribution >= 0.6 is 0 Å². The van der Waals surface area contributed by atoms with Crippen LogP contribution < -0.4 is 21.9 Å². The molecule has 3 aromatic rings. The van der Waals surface area contributed by atoms with Gasteiger partial charge in [0.2, 0.25) is 0 Å². The molecule has 1 aliphatic rings. The van der Waals surface area contributed by atoms with E-state index in [2.05, 4.69) is 15.2 Å². The number of benzene rings is 2. The fraction of sp³-hybridized carbons (Fsp3) is 0.174. The van der Waals surface area contributed by atoms with Crippen molar-refractivity contribution in [1.82, 2.24) is 10.2 Å². The van der Waals surface area contributed by atoms with Gasteiger partial charge in [0.25, 0.3) is 5.56 Å². The van der Waals surface area contributed by atoms with Crippen molar-refractivity contribution in [3.63, 3.8) is 0 Å². The van der Waals surface area contributed by atoms with Crippen molar-refractivity contribution in [2.24, 2.45) is 10.7 Å². The summed E-state index contributed by atoms with van der Waals surface area (Å²) in [5.74, 6) is -1.07. The maximum Gasteiger partial charge on any atom is 0.320 e. The number of aliphatic carboxylic acids is 1. The van der Waals surface area contributed by atoms with E-state index < -0.39 is 12.0 Å². The molecule has 30 heavy (non-hydrogen) atoms. The second kappa shape index (κ2) is 8.34. The minimum Gasteiger partial charge on any atom is -0.480 e. The van der Waals surface area contributed by atoms with Crippen LogP contribution in [-0.2, 0) is 17.6 Å². The number of nitrogens with two attached hydrogens (primary N) is 1. The first-order valence-corrected chi connectivity index (χ1v) is 9.74. The summed E-state index contributed by atoms with van der Waals surface area (Å²) in [6.45, 7) is 0. The zero-order valence-electron chi connectivity index (χ0n) is 16.3. The molecule has 0 saturated heterocycles. The molecule has 4 rings (SSSR count). The number of aryl methyl sites for hydroxylation is 2. The number of nitrogens with zero attached hydrogens (tertiary/aromatic N) is 1. The van der Waals surface area contributed by atoms with Crippen molar-refractivity contribution in [2.45, 2.75) is 25.3 Å². The number of H-pyrrole nitrogens is 2. The molecule has 0 fully saturated rings. The van der Waals surface area contributed by atoms with E-state index in [0.717, 1.165) is 28.3 Å². The van der Waals surface area contributed by atoms with Gasteiger partial charge in [0, 0.05) is 17.3 Å². The van der Waals surface area contributed by atoms with Crippen LogP contribution in [0.1, 0.15) is 23.2 Å². The lowest BCUT2D eigenvalue weighted by molar-refractivity contribution is -0.138. The Kier molecular flexibility index (Phi) is 5.45. The Labute approximate surface area is 172 Å². The highest BCUT2D eigenvalue weighted by Gasteiger charge is 2.21. The van der Waals surface area contributed by atoms with E-state index in [1.807, 2.05) is 54.6 Å². The van der Waals surface area contributed by atoms with Gasteiger partial charge in [-0.05, 0) is 36.1 Å². The number of aromatic nitrogens is 2. The van der Waals surface area contributed by atoms with Gasteiger partial charge >= 0.3 is 5.97 Å². The van der Waals surface area contributed by atoms with Crippen molar-refractivity contribution in [1.29, 1.82) is 0 Å². The molecule has 0 spiro atoms. The minimum atomic E-state index is -1.07. The van der Waals surface area contributed by atoms with E-state index >= 15 is 0 Å². The Morgan fingerprint density at radius 2 is 1.80 bits per heavy atom. The highest BCUT2D eigenvalue weighted by molar-refractivity contribution is 5.81.